The zero-order valence-electron chi connectivity index (χ0n) is 8.47. The molecular formula is C10H14ClNO2. The Morgan fingerprint density at radius 3 is 2.43 bits per heavy atom. The van der Waals surface area contributed by atoms with Gasteiger partial charge >= 0.3 is 0 Å². The minimum Gasteiger partial charge on any atom is -0.288 e. The summed E-state index contributed by atoms with van der Waals surface area (Å²) in [5, 5.41) is 8.82. The van der Waals surface area contributed by atoms with E-state index in [0.29, 0.717) is 10.6 Å². The van der Waals surface area contributed by atoms with Crippen LogP contribution in [0.4, 0.5) is 0 Å². The van der Waals surface area contributed by atoms with E-state index in [4.69, 9.17) is 16.8 Å². The van der Waals surface area contributed by atoms with Crippen LogP contribution in [-0.2, 0) is 0 Å². The topological polar surface area (TPSA) is 49.3 Å². The van der Waals surface area contributed by atoms with E-state index in [-0.39, 0.29) is 0 Å². The van der Waals surface area contributed by atoms with E-state index < -0.39 is 5.91 Å². The van der Waals surface area contributed by atoms with Gasteiger partial charge in [0.25, 0.3) is 5.91 Å². The van der Waals surface area contributed by atoms with Gasteiger partial charge in [-0.15, -0.1) is 0 Å². The summed E-state index contributed by atoms with van der Waals surface area (Å²) < 4.78 is 0. The number of nitrogens with one attached hydrogen (secondary N) is 1. The molecule has 1 aromatic rings. The van der Waals surface area contributed by atoms with Crippen molar-refractivity contribution in [1.82, 2.24) is 5.48 Å². The average Bonchev–Trinajstić information content (AvgIpc) is 2.24. The maximum Gasteiger partial charge on any atom is 0.274 e. The number of halogens is 1. The number of carbonyl (C=O) groups excluding carboxylic acids is 1. The van der Waals surface area contributed by atoms with Gasteiger partial charge in [0.1, 0.15) is 0 Å². The zero-order chi connectivity index (χ0) is 11.1. The molecule has 3 nitrogen and oxygen atoms in total. The normalized spacial score (nSPS) is 8.64. The molecule has 1 aromatic carbocycles. The maximum absolute atomic E-state index is 10.9. The Labute approximate surface area is 88.7 Å². The van der Waals surface area contributed by atoms with Crippen LogP contribution in [0.15, 0.2) is 18.2 Å². The summed E-state index contributed by atoms with van der Waals surface area (Å²) in [6.07, 6.45) is 0. The predicted octanol–water partition coefficient (Wildman–Crippen LogP) is 2.79. The lowest BCUT2D eigenvalue weighted by Crippen LogP contribution is -2.18. The Kier molecular flexibility index (Phi) is 5.92. The van der Waals surface area contributed by atoms with Gasteiger partial charge in [0.15, 0.2) is 0 Å². The highest BCUT2D eigenvalue weighted by atomic mass is 35.5. The molecule has 0 bridgehead atoms. The molecule has 0 spiro atoms. The third kappa shape index (κ3) is 3.36. The smallest absolute Gasteiger partial charge is 0.274 e. The first-order valence-electron chi connectivity index (χ1n) is 4.35. The number of carbonyl (C=O) groups is 1. The first-order valence-corrected chi connectivity index (χ1v) is 4.73. The number of aryl methyl sites for hydroxylation is 1. The molecule has 0 saturated carbocycles. The molecule has 0 radical (unpaired) electrons. The molecule has 78 valence electrons. The lowest BCUT2D eigenvalue weighted by Gasteiger charge is -2.00. The standard InChI is InChI=1S/C8H8ClNO2.C2H6/c1-5-2-3-6(4-7(5)9)8(11)10-12;1-2/h2-4,12H,1H3,(H,10,11);1-2H3. The van der Waals surface area contributed by atoms with Crippen LogP contribution in [0.1, 0.15) is 29.8 Å². The Morgan fingerprint density at radius 1 is 1.43 bits per heavy atom. The number of amides is 1. The van der Waals surface area contributed by atoms with Crippen molar-refractivity contribution in [1.29, 1.82) is 0 Å². The van der Waals surface area contributed by atoms with Crippen molar-refractivity contribution in [2.45, 2.75) is 20.8 Å². The Hall–Kier alpha value is -1.06. The fourth-order valence-electron chi connectivity index (χ4n) is 0.799. The van der Waals surface area contributed by atoms with Gasteiger partial charge in [-0.25, -0.2) is 5.48 Å². The van der Waals surface area contributed by atoms with Gasteiger partial charge in [-0.1, -0.05) is 31.5 Å². The van der Waals surface area contributed by atoms with E-state index in [0.717, 1.165) is 5.56 Å². The maximum atomic E-state index is 10.9. The molecule has 0 fully saturated rings. The molecule has 0 unspecified atom stereocenters. The lowest BCUT2D eigenvalue weighted by atomic mass is 10.1. The lowest BCUT2D eigenvalue weighted by molar-refractivity contribution is 0.0706. The van der Waals surface area contributed by atoms with Gasteiger partial charge in [0.05, 0.1) is 0 Å². The number of hydrogen-bond acceptors (Lipinski definition) is 2. The fraction of sp³-hybridized carbons (Fsp3) is 0.300. The van der Waals surface area contributed by atoms with E-state index in [1.807, 2.05) is 20.8 Å². The van der Waals surface area contributed by atoms with E-state index >= 15 is 0 Å². The molecule has 4 heteroatoms. The number of benzene rings is 1. The third-order valence-corrected chi connectivity index (χ3v) is 1.94. The third-order valence-electron chi connectivity index (χ3n) is 1.54. The summed E-state index contributed by atoms with van der Waals surface area (Å²) >= 11 is 5.75. The Bertz CT molecular complexity index is 313. The molecule has 1 amide bonds. The molecule has 0 aliphatic carbocycles. The van der Waals surface area contributed by atoms with Crippen molar-refractivity contribution in [3.8, 4) is 0 Å². The number of rotatable bonds is 1. The van der Waals surface area contributed by atoms with Crippen LogP contribution in [0.3, 0.4) is 0 Å². The van der Waals surface area contributed by atoms with Gasteiger partial charge in [0, 0.05) is 10.6 Å². The van der Waals surface area contributed by atoms with Crippen molar-refractivity contribution in [3.05, 3.63) is 34.3 Å². The van der Waals surface area contributed by atoms with E-state index in [9.17, 15) is 4.79 Å². The summed E-state index contributed by atoms with van der Waals surface area (Å²) in [6.45, 7) is 5.84. The van der Waals surface area contributed by atoms with E-state index in [1.165, 1.54) is 11.5 Å². The van der Waals surface area contributed by atoms with Crippen molar-refractivity contribution in [2.24, 2.45) is 0 Å². The largest absolute Gasteiger partial charge is 0.288 e. The number of hydrogen-bond donors (Lipinski definition) is 2. The summed E-state index contributed by atoms with van der Waals surface area (Å²) in [6, 6.07) is 4.81. The van der Waals surface area contributed by atoms with Gasteiger partial charge in [-0.3, -0.25) is 10.0 Å². The summed E-state index contributed by atoms with van der Waals surface area (Å²) in [5.74, 6) is -0.558. The number of hydroxylamine groups is 1. The SMILES string of the molecule is CC.Cc1ccc(C(=O)NO)cc1Cl. The monoisotopic (exact) mass is 215 g/mol. The summed E-state index contributed by atoms with van der Waals surface area (Å²) in [4.78, 5) is 10.9. The van der Waals surface area contributed by atoms with Gasteiger partial charge in [-0.2, -0.15) is 0 Å². The molecule has 1 rings (SSSR count). The second kappa shape index (κ2) is 6.40. The van der Waals surface area contributed by atoms with Crippen LogP contribution in [0.2, 0.25) is 5.02 Å². The second-order valence-electron chi connectivity index (χ2n) is 2.40. The van der Waals surface area contributed by atoms with Crippen molar-refractivity contribution < 1.29 is 10.0 Å². The quantitative estimate of drug-likeness (QED) is 0.559. The molecule has 0 aromatic heterocycles. The first kappa shape index (κ1) is 12.9. The zero-order valence-corrected chi connectivity index (χ0v) is 9.22. The molecule has 0 aliphatic rings. The van der Waals surface area contributed by atoms with Crippen LogP contribution >= 0.6 is 11.6 Å². The molecule has 2 N–H and O–H groups in total. The first-order chi connectivity index (χ1) is 6.65. The van der Waals surface area contributed by atoms with E-state index in [1.54, 1.807) is 12.1 Å². The van der Waals surface area contributed by atoms with Crippen molar-refractivity contribution in [2.75, 3.05) is 0 Å². The van der Waals surface area contributed by atoms with Crippen molar-refractivity contribution in [3.63, 3.8) is 0 Å². The Morgan fingerprint density at radius 2 is 2.00 bits per heavy atom. The molecule has 14 heavy (non-hydrogen) atoms. The fourth-order valence-corrected chi connectivity index (χ4v) is 0.979. The molecule has 0 saturated heterocycles. The van der Waals surface area contributed by atoms with Crippen LogP contribution in [0, 0.1) is 6.92 Å². The van der Waals surface area contributed by atoms with Gasteiger partial charge in [-0.05, 0) is 24.6 Å². The average molecular weight is 216 g/mol. The van der Waals surface area contributed by atoms with Crippen LogP contribution in [-0.4, -0.2) is 11.1 Å². The van der Waals surface area contributed by atoms with Crippen LogP contribution in [0.25, 0.3) is 0 Å². The molecule has 0 atom stereocenters. The van der Waals surface area contributed by atoms with Gasteiger partial charge in [0.2, 0.25) is 0 Å². The minimum atomic E-state index is -0.558. The molecule has 0 heterocycles. The summed E-state index contributed by atoms with van der Waals surface area (Å²) in [5.41, 5.74) is 2.77. The second-order valence-corrected chi connectivity index (χ2v) is 2.81. The molecule has 0 aliphatic heterocycles. The Balaban J connectivity index is 0.000000791. The van der Waals surface area contributed by atoms with Crippen LogP contribution in [0.5, 0.6) is 0 Å². The van der Waals surface area contributed by atoms with E-state index in [2.05, 4.69) is 0 Å². The minimum absolute atomic E-state index is 0.341. The van der Waals surface area contributed by atoms with Crippen LogP contribution < -0.4 is 5.48 Å². The van der Waals surface area contributed by atoms with Gasteiger partial charge < -0.3 is 0 Å². The predicted molar refractivity (Wildman–Crippen MR) is 56.8 cm³/mol. The van der Waals surface area contributed by atoms with Crippen molar-refractivity contribution >= 4 is 17.5 Å². The highest BCUT2D eigenvalue weighted by Gasteiger charge is 2.04. The highest BCUT2D eigenvalue weighted by Crippen LogP contribution is 2.16. The molecular weight excluding hydrogens is 202 g/mol. The summed E-state index contributed by atoms with van der Waals surface area (Å²) in [7, 11) is 0. The highest BCUT2D eigenvalue weighted by molar-refractivity contribution is 6.31.